The Morgan fingerprint density at radius 2 is 1.89 bits per heavy atom. The molecule has 2 aromatic rings. The standard InChI is InChI=1S/C12H8BrCl2N3O/c13-10-2-1-7(5-17-10)18-12(19)6-3-8(14)11(16)9(15)4-6/h1-5H,16H2,(H,18,19). The van der Waals surface area contributed by atoms with Crippen LogP contribution in [0.1, 0.15) is 10.4 Å². The molecular formula is C12H8BrCl2N3O. The van der Waals surface area contributed by atoms with E-state index in [1.807, 2.05) is 0 Å². The number of nitrogens with zero attached hydrogens (tertiary/aromatic N) is 1. The van der Waals surface area contributed by atoms with Crippen LogP contribution in [0.3, 0.4) is 0 Å². The van der Waals surface area contributed by atoms with Gasteiger partial charge in [0.1, 0.15) is 4.60 Å². The van der Waals surface area contributed by atoms with Crippen LogP contribution in [-0.2, 0) is 0 Å². The number of amides is 1. The van der Waals surface area contributed by atoms with Crippen LogP contribution >= 0.6 is 39.1 Å². The molecule has 0 aliphatic rings. The molecule has 1 amide bonds. The van der Waals surface area contributed by atoms with Crippen molar-refractivity contribution in [2.45, 2.75) is 0 Å². The maximum Gasteiger partial charge on any atom is 0.255 e. The van der Waals surface area contributed by atoms with Crippen LogP contribution in [0.2, 0.25) is 10.0 Å². The van der Waals surface area contributed by atoms with Crippen LogP contribution in [0.4, 0.5) is 11.4 Å². The van der Waals surface area contributed by atoms with Crippen molar-refractivity contribution in [1.82, 2.24) is 4.98 Å². The third-order valence-corrected chi connectivity index (χ3v) is 3.42. The summed E-state index contributed by atoms with van der Waals surface area (Å²) in [7, 11) is 0. The molecule has 7 heteroatoms. The number of nitrogen functional groups attached to an aromatic ring is 1. The molecule has 1 aromatic carbocycles. The van der Waals surface area contributed by atoms with Crippen LogP contribution < -0.4 is 11.1 Å². The van der Waals surface area contributed by atoms with Gasteiger partial charge in [0.25, 0.3) is 5.91 Å². The van der Waals surface area contributed by atoms with E-state index in [1.165, 1.54) is 18.3 Å². The van der Waals surface area contributed by atoms with Gasteiger partial charge in [0.05, 0.1) is 27.6 Å². The number of anilines is 2. The van der Waals surface area contributed by atoms with Gasteiger partial charge in [-0.05, 0) is 40.2 Å². The largest absolute Gasteiger partial charge is 0.396 e. The smallest absolute Gasteiger partial charge is 0.255 e. The Labute approximate surface area is 128 Å². The van der Waals surface area contributed by atoms with E-state index in [2.05, 4.69) is 26.2 Å². The molecule has 1 aromatic heterocycles. The van der Waals surface area contributed by atoms with Gasteiger partial charge in [0.2, 0.25) is 0 Å². The number of hydrogen-bond acceptors (Lipinski definition) is 3. The highest BCUT2D eigenvalue weighted by molar-refractivity contribution is 9.10. The number of rotatable bonds is 2. The molecule has 2 rings (SSSR count). The summed E-state index contributed by atoms with van der Waals surface area (Å²) in [4.78, 5) is 16.0. The summed E-state index contributed by atoms with van der Waals surface area (Å²) in [5.41, 5.74) is 6.76. The van der Waals surface area contributed by atoms with Gasteiger partial charge in [-0.15, -0.1) is 0 Å². The Balaban J connectivity index is 2.23. The summed E-state index contributed by atoms with van der Waals surface area (Å²) in [5.74, 6) is -0.340. The number of aromatic nitrogens is 1. The van der Waals surface area contributed by atoms with Gasteiger partial charge in [0.15, 0.2) is 0 Å². The second kappa shape index (κ2) is 5.77. The van der Waals surface area contributed by atoms with Crippen molar-refractivity contribution in [2.24, 2.45) is 0 Å². The Kier molecular flexibility index (Phi) is 4.29. The van der Waals surface area contributed by atoms with Gasteiger partial charge in [-0.1, -0.05) is 23.2 Å². The number of carbonyl (C=O) groups is 1. The molecule has 0 spiro atoms. The highest BCUT2D eigenvalue weighted by atomic mass is 79.9. The maximum absolute atomic E-state index is 12.0. The van der Waals surface area contributed by atoms with Gasteiger partial charge < -0.3 is 11.1 Å². The lowest BCUT2D eigenvalue weighted by molar-refractivity contribution is 0.102. The third-order valence-electron chi connectivity index (χ3n) is 2.33. The number of carbonyl (C=O) groups excluding carboxylic acids is 1. The number of hydrogen-bond donors (Lipinski definition) is 2. The van der Waals surface area contributed by atoms with Crippen molar-refractivity contribution < 1.29 is 4.79 Å². The zero-order valence-electron chi connectivity index (χ0n) is 9.45. The molecule has 0 aliphatic carbocycles. The quantitative estimate of drug-likeness (QED) is 0.628. The Morgan fingerprint density at radius 3 is 2.42 bits per heavy atom. The van der Waals surface area contributed by atoms with Crippen molar-refractivity contribution in [2.75, 3.05) is 11.1 Å². The van der Waals surface area contributed by atoms with Crippen molar-refractivity contribution in [3.63, 3.8) is 0 Å². The predicted molar refractivity (Wildman–Crippen MR) is 80.8 cm³/mol. The molecule has 0 saturated carbocycles. The molecule has 98 valence electrons. The van der Waals surface area contributed by atoms with Crippen molar-refractivity contribution in [3.8, 4) is 0 Å². The molecule has 0 bridgehead atoms. The Hall–Kier alpha value is -1.30. The number of halogens is 3. The lowest BCUT2D eigenvalue weighted by Crippen LogP contribution is -2.12. The molecule has 0 radical (unpaired) electrons. The molecule has 1 heterocycles. The first-order valence-electron chi connectivity index (χ1n) is 5.15. The molecule has 4 nitrogen and oxygen atoms in total. The second-order valence-corrected chi connectivity index (χ2v) is 5.30. The zero-order valence-corrected chi connectivity index (χ0v) is 12.6. The third kappa shape index (κ3) is 3.37. The van der Waals surface area contributed by atoms with Crippen molar-refractivity contribution in [1.29, 1.82) is 0 Å². The fourth-order valence-electron chi connectivity index (χ4n) is 1.37. The molecule has 0 fully saturated rings. The van der Waals surface area contributed by atoms with E-state index >= 15 is 0 Å². The lowest BCUT2D eigenvalue weighted by Gasteiger charge is -2.07. The molecule has 0 atom stereocenters. The molecule has 0 aliphatic heterocycles. The summed E-state index contributed by atoms with van der Waals surface area (Å²) in [6.07, 6.45) is 1.53. The molecule has 0 saturated heterocycles. The monoisotopic (exact) mass is 359 g/mol. The molecule has 19 heavy (non-hydrogen) atoms. The van der Waals surface area contributed by atoms with E-state index < -0.39 is 0 Å². The number of benzene rings is 1. The minimum Gasteiger partial charge on any atom is -0.396 e. The second-order valence-electron chi connectivity index (χ2n) is 3.68. The highest BCUT2D eigenvalue weighted by Crippen LogP contribution is 2.29. The van der Waals surface area contributed by atoms with E-state index in [9.17, 15) is 4.79 Å². The van der Waals surface area contributed by atoms with Gasteiger partial charge in [-0.3, -0.25) is 4.79 Å². The maximum atomic E-state index is 12.0. The predicted octanol–water partition coefficient (Wildman–Crippen LogP) is 3.99. The zero-order chi connectivity index (χ0) is 14.0. The number of nitrogens with one attached hydrogen (secondary N) is 1. The minimum absolute atomic E-state index is 0.242. The summed E-state index contributed by atoms with van der Waals surface area (Å²) in [5, 5.41) is 3.16. The molecule has 3 N–H and O–H groups in total. The first-order valence-corrected chi connectivity index (χ1v) is 6.69. The van der Waals surface area contributed by atoms with Crippen LogP contribution in [0.15, 0.2) is 35.1 Å². The van der Waals surface area contributed by atoms with E-state index in [0.29, 0.717) is 15.9 Å². The van der Waals surface area contributed by atoms with Gasteiger partial charge in [-0.25, -0.2) is 4.98 Å². The first-order chi connectivity index (χ1) is 8.97. The van der Waals surface area contributed by atoms with Crippen LogP contribution in [-0.4, -0.2) is 10.9 Å². The molecule has 0 unspecified atom stereocenters. The Bertz CT molecular complexity index is 608. The van der Waals surface area contributed by atoms with E-state index in [0.717, 1.165) is 0 Å². The first kappa shape index (κ1) is 14.1. The van der Waals surface area contributed by atoms with Crippen molar-refractivity contribution >= 4 is 56.4 Å². The van der Waals surface area contributed by atoms with Gasteiger partial charge in [0, 0.05) is 5.56 Å². The summed E-state index contributed by atoms with van der Waals surface area (Å²) >= 11 is 15.0. The number of nitrogens with two attached hydrogens (primary N) is 1. The topological polar surface area (TPSA) is 68.0 Å². The lowest BCUT2D eigenvalue weighted by atomic mass is 10.2. The van der Waals surface area contributed by atoms with Crippen LogP contribution in [0.5, 0.6) is 0 Å². The average Bonchev–Trinajstić information content (AvgIpc) is 2.38. The normalized spacial score (nSPS) is 10.3. The van der Waals surface area contributed by atoms with Gasteiger partial charge >= 0.3 is 0 Å². The van der Waals surface area contributed by atoms with E-state index in [4.69, 9.17) is 28.9 Å². The fraction of sp³-hybridized carbons (Fsp3) is 0. The van der Waals surface area contributed by atoms with Crippen LogP contribution in [0.25, 0.3) is 0 Å². The summed E-state index contributed by atoms with van der Waals surface area (Å²) in [6, 6.07) is 6.36. The highest BCUT2D eigenvalue weighted by Gasteiger charge is 2.11. The SMILES string of the molecule is Nc1c(Cl)cc(C(=O)Nc2ccc(Br)nc2)cc1Cl. The van der Waals surface area contributed by atoms with Gasteiger partial charge in [-0.2, -0.15) is 0 Å². The fourth-order valence-corrected chi connectivity index (χ4v) is 2.09. The summed E-state index contributed by atoms with van der Waals surface area (Å²) in [6.45, 7) is 0. The average molecular weight is 361 g/mol. The Morgan fingerprint density at radius 1 is 1.26 bits per heavy atom. The summed E-state index contributed by atoms with van der Waals surface area (Å²) < 4.78 is 0.684. The van der Waals surface area contributed by atoms with E-state index in [-0.39, 0.29) is 21.6 Å². The number of pyridine rings is 1. The van der Waals surface area contributed by atoms with Crippen LogP contribution in [0, 0.1) is 0 Å². The van der Waals surface area contributed by atoms with Crippen molar-refractivity contribution in [3.05, 3.63) is 50.7 Å². The molecular weight excluding hydrogens is 353 g/mol. The minimum atomic E-state index is -0.340. The van der Waals surface area contributed by atoms with E-state index in [1.54, 1.807) is 12.1 Å².